The Labute approximate surface area is 112 Å². The molecule has 0 fully saturated rings. The number of rotatable bonds is 6. The van der Waals surface area contributed by atoms with Gasteiger partial charge in [-0.25, -0.2) is 0 Å². The van der Waals surface area contributed by atoms with Crippen molar-refractivity contribution >= 4 is 28.9 Å². The Morgan fingerprint density at radius 3 is 2.65 bits per heavy atom. The van der Waals surface area contributed by atoms with Gasteiger partial charge in [0.15, 0.2) is 0 Å². The highest BCUT2D eigenvalue weighted by molar-refractivity contribution is 6.36. The van der Waals surface area contributed by atoms with Crippen LogP contribution in [0, 0.1) is 0 Å². The van der Waals surface area contributed by atoms with E-state index in [-0.39, 0.29) is 6.10 Å². The maximum atomic E-state index is 9.65. The molecule has 0 saturated carbocycles. The van der Waals surface area contributed by atoms with Crippen molar-refractivity contribution in [2.45, 2.75) is 26.1 Å². The maximum Gasteiger partial charge on any atom is 0.0945 e. The topological polar surface area (TPSA) is 41.5 Å². The van der Waals surface area contributed by atoms with E-state index in [4.69, 9.17) is 27.9 Å². The minimum Gasteiger partial charge on any atom is -0.389 e. The Morgan fingerprint density at radius 1 is 1.35 bits per heavy atom. The highest BCUT2D eigenvalue weighted by atomic mass is 35.5. The van der Waals surface area contributed by atoms with Crippen molar-refractivity contribution in [2.75, 3.05) is 18.5 Å². The summed E-state index contributed by atoms with van der Waals surface area (Å²) in [5.41, 5.74) is 0.750. The highest BCUT2D eigenvalue weighted by Crippen LogP contribution is 2.25. The van der Waals surface area contributed by atoms with Crippen molar-refractivity contribution < 1.29 is 9.84 Å². The number of nitrogens with one attached hydrogen (secondary N) is 1. The number of halogens is 2. The van der Waals surface area contributed by atoms with Crippen LogP contribution in [0.2, 0.25) is 10.0 Å². The zero-order chi connectivity index (χ0) is 12.8. The number of hydrogen-bond donors (Lipinski definition) is 2. The van der Waals surface area contributed by atoms with Gasteiger partial charge in [0.2, 0.25) is 0 Å². The van der Waals surface area contributed by atoms with Gasteiger partial charge in [0.05, 0.1) is 29.5 Å². The van der Waals surface area contributed by atoms with Crippen LogP contribution >= 0.6 is 23.2 Å². The first-order valence-electron chi connectivity index (χ1n) is 5.47. The Bertz CT molecular complexity index is 358. The molecule has 0 aromatic heterocycles. The van der Waals surface area contributed by atoms with E-state index in [0.29, 0.717) is 23.2 Å². The summed E-state index contributed by atoms with van der Waals surface area (Å²) in [5.74, 6) is 0. The molecule has 0 aliphatic rings. The van der Waals surface area contributed by atoms with E-state index in [9.17, 15) is 5.11 Å². The summed E-state index contributed by atoms with van der Waals surface area (Å²) in [6, 6.07) is 5.18. The Balaban J connectivity index is 2.39. The summed E-state index contributed by atoms with van der Waals surface area (Å²) in [5, 5.41) is 13.8. The fourth-order valence-corrected chi connectivity index (χ4v) is 1.70. The van der Waals surface area contributed by atoms with Gasteiger partial charge < -0.3 is 15.2 Å². The van der Waals surface area contributed by atoms with E-state index < -0.39 is 6.10 Å². The van der Waals surface area contributed by atoms with Crippen LogP contribution in [0.25, 0.3) is 0 Å². The van der Waals surface area contributed by atoms with Crippen molar-refractivity contribution in [3.63, 3.8) is 0 Å². The molecule has 1 rings (SSSR count). The fourth-order valence-electron chi connectivity index (χ4n) is 1.22. The lowest BCUT2D eigenvalue weighted by molar-refractivity contribution is 0.0112. The SMILES string of the molecule is CC(C)OCC(O)CNc1ccc(Cl)cc1Cl. The van der Waals surface area contributed by atoms with E-state index in [1.807, 2.05) is 13.8 Å². The van der Waals surface area contributed by atoms with Gasteiger partial charge in [-0.2, -0.15) is 0 Å². The normalized spacial score (nSPS) is 12.8. The first kappa shape index (κ1) is 14.6. The molecule has 0 bridgehead atoms. The summed E-state index contributed by atoms with van der Waals surface area (Å²) in [6.07, 6.45) is -0.451. The molecule has 0 heterocycles. The third-order valence-electron chi connectivity index (χ3n) is 2.08. The molecule has 17 heavy (non-hydrogen) atoms. The molecule has 0 radical (unpaired) electrons. The summed E-state index contributed by atoms with van der Waals surface area (Å²) < 4.78 is 5.30. The summed E-state index contributed by atoms with van der Waals surface area (Å²) in [4.78, 5) is 0. The fraction of sp³-hybridized carbons (Fsp3) is 0.500. The van der Waals surface area contributed by atoms with Gasteiger partial charge >= 0.3 is 0 Å². The lowest BCUT2D eigenvalue weighted by Gasteiger charge is -2.15. The van der Waals surface area contributed by atoms with Gasteiger partial charge in [0, 0.05) is 11.6 Å². The molecule has 5 heteroatoms. The molecular weight excluding hydrogens is 261 g/mol. The first-order chi connectivity index (χ1) is 7.99. The predicted molar refractivity (Wildman–Crippen MR) is 72.0 cm³/mol. The Kier molecular flexibility index (Phi) is 6.06. The molecule has 1 aromatic carbocycles. The molecule has 2 N–H and O–H groups in total. The Hall–Kier alpha value is -0.480. The van der Waals surface area contributed by atoms with E-state index in [1.54, 1.807) is 18.2 Å². The number of anilines is 1. The number of aliphatic hydroxyl groups is 1. The molecule has 1 unspecified atom stereocenters. The largest absolute Gasteiger partial charge is 0.389 e. The highest BCUT2D eigenvalue weighted by Gasteiger charge is 2.07. The van der Waals surface area contributed by atoms with E-state index in [1.165, 1.54) is 0 Å². The Morgan fingerprint density at radius 2 is 2.06 bits per heavy atom. The molecule has 1 atom stereocenters. The van der Waals surface area contributed by atoms with Crippen LogP contribution in [0.3, 0.4) is 0 Å². The average molecular weight is 278 g/mol. The second-order valence-electron chi connectivity index (χ2n) is 4.04. The number of ether oxygens (including phenoxy) is 1. The van der Waals surface area contributed by atoms with Crippen molar-refractivity contribution in [2.24, 2.45) is 0 Å². The average Bonchev–Trinajstić information content (AvgIpc) is 2.25. The van der Waals surface area contributed by atoms with Crippen molar-refractivity contribution in [3.05, 3.63) is 28.2 Å². The van der Waals surface area contributed by atoms with Crippen LogP contribution in [-0.2, 0) is 4.74 Å². The van der Waals surface area contributed by atoms with Gasteiger partial charge in [-0.15, -0.1) is 0 Å². The lowest BCUT2D eigenvalue weighted by atomic mass is 10.3. The van der Waals surface area contributed by atoms with Crippen molar-refractivity contribution in [3.8, 4) is 0 Å². The lowest BCUT2D eigenvalue weighted by Crippen LogP contribution is -2.26. The maximum absolute atomic E-state index is 9.65. The predicted octanol–water partition coefficient (Wildman–Crippen LogP) is 3.19. The minimum absolute atomic E-state index is 0.115. The third-order valence-corrected chi connectivity index (χ3v) is 2.63. The molecule has 0 saturated heterocycles. The second-order valence-corrected chi connectivity index (χ2v) is 4.88. The number of aliphatic hydroxyl groups excluding tert-OH is 1. The molecule has 96 valence electrons. The number of benzene rings is 1. The smallest absolute Gasteiger partial charge is 0.0945 e. The molecule has 0 aliphatic carbocycles. The van der Waals surface area contributed by atoms with Gasteiger partial charge in [-0.05, 0) is 32.0 Å². The third kappa shape index (κ3) is 5.59. The standard InChI is InChI=1S/C12H17Cl2NO2/c1-8(2)17-7-10(16)6-15-12-4-3-9(13)5-11(12)14/h3-5,8,10,15-16H,6-7H2,1-2H3. The molecule has 3 nitrogen and oxygen atoms in total. The number of hydrogen-bond acceptors (Lipinski definition) is 3. The van der Waals surface area contributed by atoms with Crippen LogP contribution in [0.15, 0.2) is 18.2 Å². The zero-order valence-electron chi connectivity index (χ0n) is 9.91. The van der Waals surface area contributed by atoms with Crippen molar-refractivity contribution in [1.29, 1.82) is 0 Å². The van der Waals surface area contributed by atoms with Crippen LogP contribution in [-0.4, -0.2) is 30.5 Å². The second kappa shape index (κ2) is 7.07. The van der Waals surface area contributed by atoms with Crippen LogP contribution in [0.1, 0.15) is 13.8 Å². The van der Waals surface area contributed by atoms with Crippen molar-refractivity contribution in [1.82, 2.24) is 0 Å². The van der Waals surface area contributed by atoms with Gasteiger partial charge in [0.1, 0.15) is 0 Å². The summed E-state index contributed by atoms with van der Waals surface area (Å²) in [7, 11) is 0. The van der Waals surface area contributed by atoms with Crippen LogP contribution in [0.4, 0.5) is 5.69 Å². The van der Waals surface area contributed by atoms with Gasteiger partial charge in [-0.3, -0.25) is 0 Å². The van der Waals surface area contributed by atoms with Gasteiger partial charge in [0.25, 0.3) is 0 Å². The van der Waals surface area contributed by atoms with Crippen LogP contribution in [0.5, 0.6) is 0 Å². The van der Waals surface area contributed by atoms with E-state index in [0.717, 1.165) is 5.69 Å². The zero-order valence-corrected chi connectivity index (χ0v) is 11.4. The molecule has 0 spiro atoms. The minimum atomic E-state index is -0.566. The van der Waals surface area contributed by atoms with Crippen LogP contribution < -0.4 is 5.32 Å². The quantitative estimate of drug-likeness (QED) is 0.839. The summed E-state index contributed by atoms with van der Waals surface area (Å²) >= 11 is 11.8. The molecule has 0 amide bonds. The molecule has 0 aliphatic heterocycles. The van der Waals surface area contributed by atoms with E-state index in [2.05, 4.69) is 5.32 Å². The van der Waals surface area contributed by atoms with Gasteiger partial charge in [-0.1, -0.05) is 23.2 Å². The first-order valence-corrected chi connectivity index (χ1v) is 6.23. The summed E-state index contributed by atoms with van der Waals surface area (Å²) in [6.45, 7) is 4.54. The molecule has 1 aromatic rings. The molecular formula is C12H17Cl2NO2. The monoisotopic (exact) mass is 277 g/mol. The van der Waals surface area contributed by atoms with E-state index >= 15 is 0 Å².